The predicted molar refractivity (Wildman–Crippen MR) is 57.4 cm³/mol. The van der Waals surface area contributed by atoms with Gasteiger partial charge in [0.15, 0.2) is 15.7 Å². The van der Waals surface area contributed by atoms with Crippen molar-refractivity contribution in [3.8, 4) is 0 Å². The first kappa shape index (κ1) is 11.5. The largest absolute Gasteiger partial charge is 0.313 e. The lowest BCUT2D eigenvalue weighted by Gasteiger charge is -2.09. The van der Waals surface area contributed by atoms with Crippen molar-refractivity contribution in [2.45, 2.75) is 31.2 Å². The van der Waals surface area contributed by atoms with Crippen molar-refractivity contribution >= 4 is 9.84 Å². The van der Waals surface area contributed by atoms with Crippen LogP contribution in [0.5, 0.6) is 0 Å². The van der Waals surface area contributed by atoms with E-state index in [-0.39, 0.29) is 5.25 Å². The molecule has 1 N–H and O–H groups in total. The molecule has 0 radical (unpaired) electrons. The molecule has 1 atom stereocenters. The lowest BCUT2D eigenvalue weighted by molar-refractivity contribution is 0.512. The third-order valence-corrected chi connectivity index (χ3v) is 5.04. The highest BCUT2D eigenvalue weighted by Crippen LogP contribution is 2.21. The fourth-order valence-corrected chi connectivity index (χ4v) is 3.70. The molecule has 0 amide bonds. The van der Waals surface area contributed by atoms with Crippen LogP contribution in [0.2, 0.25) is 0 Å². The molecular formula is C8H15N5O2S. The molecule has 7 nitrogen and oxygen atoms in total. The number of rotatable bonds is 4. The Hall–Kier alpha value is -1.02. The van der Waals surface area contributed by atoms with Gasteiger partial charge >= 0.3 is 0 Å². The summed E-state index contributed by atoms with van der Waals surface area (Å²) in [7, 11) is -1.13. The molecule has 1 saturated heterocycles. The van der Waals surface area contributed by atoms with E-state index in [1.165, 1.54) is 0 Å². The maximum absolute atomic E-state index is 11.7. The zero-order chi connectivity index (χ0) is 11.6. The molecular weight excluding hydrogens is 230 g/mol. The first-order valence-electron chi connectivity index (χ1n) is 5.24. The summed E-state index contributed by atoms with van der Waals surface area (Å²) >= 11 is 0. The van der Waals surface area contributed by atoms with Gasteiger partial charge in [-0.25, -0.2) is 13.1 Å². The number of sulfone groups is 1. The summed E-state index contributed by atoms with van der Waals surface area (Å²) < 4.78 is 24.9. The van der Waals surface area contributed by atoms with Crippen LogP contribution >= 0.6 is 0 Å². The summed E-state index contributed by atoms with van der Waals surface area (Å²) in [6, 6.07) is 0. The van der Waals surface area contributed by atoms with Crippen molar-refractivity contribution in [3.05, 3.63) is 5.82 Å². The fourth-order valence-electron chi connectivity index (χ4n) is 1.91. The molecule has 1 aliphatic heterocycles. The quantitative estimate of drug-likeness (QED) is 0.729. The minimum Gasteiger partial charge on any atom is -0.313 e. The van der Waals surface area contributed by atoms with Gasteiger partial charge in [-0.2, -0.15) is 0 Å². The average molecular weight is 245 g/mol. The zero-order valence-corrected chi connectivity index (χ0v) is 9.94. The Kier molecular flexibility index (Phi) is 3.20. The molecule has 90 valence electrons. The van der Waals surface area contributed by atoms with Crippen LogP contribution in [-0.2, 0) is 22.9 Å². The summed E-state index contributed by atoms with van der Waals surface area (Å²) in [6.07, 6.45) is 1.46. The number of tetrazole rings is 1. The molecule has 1 aliphatic rings. The molecule has 0 aromatic carbocycles. The van der Waals surface area contributed by atoms with Gasteiger partial charge in [0.2, 0.25) is 0 Å². The summed E-state index contributed by atoms with van der Waals surface area (Å²) in [5.41, 5.74) is 0. The minimum atomic E-state index is -2.93. The highest BCUT2D eigenvalue weighted by molar-refractivity contribution is 7.92. The van der Waals surface area contributed by atoms with Gasteiger partial charge in [-0.3, -0.25) is 0 Å². The lowest BCUT2D eigenvalue weighted by Crippen LogP contribution is -2.25. The molecule has 16 heavy (non-hydrogen) atoms. The van der Waals surface area contributed by atoms with Crippen LogP contribution in [0.1, 0.15) is 18.7 Å². The van der Waals surface area contributed by atoms with Crippen molar-refractivity contribution in [3.63, 3.8) is 0 Å². The number of nitrogens with one attached hydrogen (secondary N) is 1. The SMILES string of the molecule is CNCc1nnnn1CC1CCCS1(=O)=O. The van der Waals surface area contributed by atoms with Crippen molar-refractivity contribution in [2.24, 2.45) is 0 Å². The standard InChI is InChI=1S/C8H15N5O2S/c1-9-5-8-10-11-12-13(8)6-7-3-2-4-16(7,14)15/h7,9H,2-6H2,1H3. The fraction of sp³-hybridized carbons (Fsp3) is 0.875. The summed E-state index contributed by atoms with van der Waals surface area (Å²) in [4.78, 5) is 0. The van der Waals surface area contributed by atoms with E-state index < -0.39 is 9.84 Å². The van der Waals surface area contributed by atoms with Crippen molar-refractivity contribution < 1.29 is 8.42 Å². The second-order valence-electron chi connectivity index (χ2n) is 3.94. The molecule has 1 unspecified atom stereocenters. The van der Waals surface area contributed by atoms with Gasteiger partial charge in [0.1, 0.15) is 0 Å². The summed E-state index contributed by atoms with van der Waals surface area (Å²) in [5.74, 6) is 0.964. The van der Waals surface area contributed by atoms with Crippen LogP contribution in [0, 0.1) is 0 Å². The molecule has 0 bridgehead atoms. The van der Waals surface area contributed by atoms with E-state index in [9.17, 15) is 8.42 Å². The van der Waals surface area contributed by atoms with E-state index in [1.807, 2.05) is 0 Å². The van der Waals surface area contributed by atoms with E-state index in [2.05, 4.69) is 20.8 Å². The molecule has 1 aromatic heterocycles. The maximum Gasteiger partial charge on any atom is 0.165 e. The molecule has 8 heteroatoms. The summed E-state index contributed by atoms with van der Waals surface area (Å²) in [6.45, 7) is 0.909. The van der Waals surface area contributed by atoms with Gasteiger partial charge in [-0.15, -0.1) is 5.10 Å². The van der Waals surface area contributed by atoms with E-state index in [1.54, 1.807) is 11.7 Å². The van der Waals surface area contributed by atoms with Crippen molar-refractivity contribution in [2.75, 3.05) is 12.8 Å². The van der Waals surface area contributed by atoms with Gasteiger partial charge in [0, 0.05) is 0 Å². The maximum atomic E-state index is 11.7. The Labute approximate surface area is 94.1 Å². The van der Waals surface area contributed by atoms with E-state index >= 15 is 0 Å². The number of hydrogen-bond donors (Lipinski definition) is 1. The molecule has 1 fully saturated rings. The Morgan fingerprint density at radius 1 is 1.56 bits per heavy atom. The highest BCUT2D eigenvalue weighted by atomic mass is 32.2. The Morgan fingerprint density at radius 3 is 3.00 bits per heavy atom. The smallest absolute Gasteiger partial charge is 0.165 e. The van der Waals surface area contributed by atoms with Crippen molar-refractivity contribution in [1.82, 2.24) is 25.5 Å². The van der Waals surface area contributed by atoms with Gasteiger partial charge in [0.05, 0.1) is 24.1 Å². The first-order chi connectivity index (χ1) is 7.63. The van der Waals surface area contributed by atoms with Crippen LogP contribution in [0.4, 0.5) is 0 Å². The molecule has 2 heterocycles. The molecule has 0 saturated carbocycles. The molecule has 1 aromatic rings. The third kappa shape index (κ3) is 2.22. The van der Waals surface area contributed by atoms with Crippen LogP contribution in [0.3, 0.4) is 0 Å². The van der Waals surface area contributed by atoms with Crippen LogP contribution in [0.15, 0.2) is 0 Å². The van der Waals surface area contributed by atoms with Gasteiger partial charge in [-0.05, 0) is 30.3 Å². The van der Waals surface area contributed by atoms with E-state index in [0.29, 0.717) is 31.1 Å². The first-order valence-corrected chi connectivity index (χ1v) is 6.96. The zero-order valence-electron chi connectivity index (χ0n) is 9.13. The van der Waals surface area contributed by atoms with Crippen molar-refractivity contribution in [1.29, 1.82) is 0 Å². The third-order valence-electron chi connectivity index (χ3n) is 2.78. The number of aromatic nitrogens is 4. The minimum absolute atomic E-state index is 0.293. The monoisotopic (exact) mass is 245 g/mol. The topological polar surface area (TPSA) is 89.8 Å². The van der Waals surface area contributed by atoms with E-state index in [4.69, 9.17) is 0 Å². The van der Waals surface area contributed by atoms with Gasteiger partial charge in [0.25, 0.3) is 0 Å². The second kappa shape index (κ2) is 4.46. The molecule has 0 aliphatic carbocycles. The highest BCUT2D eigenvalue weighted by Gasteiger charge is 2.32. The second-order valence-corrected chi connectivity index (χ2v) is 6.34. The van der Waals surface area contributed by atoms with Crippen LogP contribution in [-0.4, -0.2) is 46.7 Å². The normalized spacial score (nSPS) is 23.7. The Balaban J connectivity index is 2.12. The molecule has 2 rings (SSSR count). The Bertz CT molecular complexity index is 455. The summed E-state index contributed by atoms with van der Waals surface area (Å²) in [5, 5.41) is 13.8. The Morgan fingerprint density at radius 2 is 2.38 bits per heavy atom. The average Bonchev–Trinajstić information content (AvgIpc) is 2.77. The number of hydrogen-bond acceptors (Lipinski definition) is 6. The lowest BCUT2D eigenvalue weighted by atomic mass is 10.2. The number of nitrogens with zero attached hydrogens (tertiary/aromatic N) is 4. The van der Waals surface area contributed by atoms with Gasteiger partial charge < -0.3 is 5.32 Å². The van der Waals surface area contributed by atoms with E-state index in [0.717, 1.165) is 6.42 Å². The van der Waals surface area contributed by atoms with Gasteiger partial charge in [-0.1, -0.05) is 0 Å². The predicted octanol–water partition coefficient (Wildman–Crippen LogP) is -1.03. The molecule has 0 spiro atoms. The van der Waals surface area contributed by atoms with Crippen LogP contribution in [0.25, 0.3) is 0 Å². The van der Waals surface area contributed by atoms with Crippen LogP contribution < -0.4 is 5.32 Å².